The van der Waals surface area contributed by atoms with Gasteiger partial charge in [0.25, 0.3) is 10.0 Å². The van der Waals surface area contributed by atoms with E-state index in [1.807, 2.05) is 6.92 Å². The Morgan fingerprint density at radius 1 is 1.29 bits per heavy atom. The molecule has 0 saturated carbocycles. The second-order valence-corrected chi connectivity index (χ2v) is 8.92. The van der Waals surface area contributed by atoms with Gasteiger partial charge in [-0.05, 0) is 24.6 Å². The number of hydrogen-bond acceptors (Lipinski definition) is 4. The number of benzene rings is 1. The smallest absolute Gasteiger partial charge is 0.264 e. The highest BCUT2D eigenvalue weighted by Gasteiger charge is 2.22. The number of hydrogen-bond donors (Lipinski definition) is 1. The Morgan fingerprint density at radius 2 is 1.96 bits per heavy atom. The van der Waals surface area contributed by atoms with Gasteiger partial charge in [-0.3, -0.25) is 9.52 Å². The molecule has 0 aliphatic rings. The third-order valence-electron chi connectivity index (χ3n) is 3.36. The molecule has 24 heavy (non-hydrogen) atoms. The zero-order valence-electron chi connectivity index (χ0n) is 13.0. The molecule has 0 saturated heterocycles. The average molecular weight is 407 g/mol. The first-order chi connectivity index (χ1) is 11.2. The Morgan fingerprint density at radius 3 is 2.50 bits per heavy atom. The van der Waals surface area contributed by atoms with Gasteiger partial charge in [0.15, 0.2) is 0 Å². The Labute approximate surface area is 155 Å². The molecule has 1 N–H and O–H groups in total. The first-order valence-corrected chi connectivity index (χ1v) is 10.1. The lowest BCUT2D eigenvalue weighted by Crippen LogP contribution is -2.28. The van der Waals surface area contributed by atoms with Gasteiger partial charge >= 0.3 is 0 Å². The summed E-state index contributed by atoms with van der Waals surface area (Å²) in [5.41, 5.74) is 1.09. The first kappa shape index (κ1) is 19.1. The van der Waals surface area contributed by atoms with Crippen LogP contribution in [0.3, 0.4) is 0 Å². The maximum atomic E-state index is 12.5. The molecule has 2 rings (SSSR count). The van der Waals surface area contributed by atoms with E-state index < -0.39 is 10.0 Å². The topological polar surface area (TPSA) is 66.5 Å². The highest BCUT2D eigenvalue weighted by atomic mass is 35.5. The lowest BCUT2D eigenvalue weighted by atomic mass is 10.1. The van der Waals surface area contributed by atoms with Crippen molar-refractivity contribution in [3.63, 3.8) is 0 Å². The Bertz CT molecular complexity index is 850. The van der Waals surface area contributed by atoms with Gasteiger partial charge in [-0.1, -0.05) is 41.4 Å². The Kier molecular flexibility index (Phi) is 6.14. The second kappa shape index (κ2) is 7.74. The van der Waals surface area contributed by atoms with Crippen LogP contribution in [0.2, 0.25) is 8.67 Å². The molecule has 0 unspecified atom stereocenters. The van der Waals surface area contributed by atoms with Crippen LogP contribution in [-0.4, -0.2) is 25.8 Å². The number of carbonyl (C=O) groups is 1. The van der Waals surface area contributed by atoms with Crippen LogP contribution in [0, 0.1) is 0 Å². The molecular weight excluding hydrogens is 391 g/mol. The summed E-state index contributed by atoms with van der Waals surface area (Å²) in [5, 5.41) is 0. The van der Waals surface area contributed by atoms with Gasteiger partial charge in [-0.2, -0.15) is 0 Å². The molecule has 2 aromatic rings. The molecule has 1 amide bonds. The van der Waals surface area contributed by atoms with Crippen molar-refractivity contribution in [3.05, 3.63) is 44.6 Å². The van der Waals surface area contributed by atoms with Crippen LogP contribution in [-0.2, 0) is 21.4 Å². The normalized spacial score (nSPS) is 11.3. The second-order valence-electron chi connectivity index (χ2n) is 4.98. The lowest BCUT2D eigenvalue weighted by Gasteiger charge is -2.21. The molecule has 130 valence electrons. The summed E-state index contributed by atoms with van der Waals surface area (Å²) in [7, 11) is -3.87. The van der Waals surface area contributed by atoms with Crippen LogP contribution in [0.5, 0.6) is 0 Å². The number of thiophene rings is 1. The van der Waals surface area contributed by atoms with Crippen molar-refractivity contribution in [2.75, 3.05) is 11.3 Å². The van der Waals surface area contributed by atoms with Crippen molar-refractivity contribution in [2.45, 2.75) is 25.3 Å². The third kappa shape index (κ3) is 4.42. The third-order valence-corrected chi connectivity index (χ3v) is 6.48. The molecule has 1 heterocycles. The molecule has 0 spiro atoms. The zero-order chi connectivity index (χ0) is 17.9. The minimum Gasteiger partial charge on any atom is -0.339 e. The SMILES string of the molecule is CCN(Cc1ccccc1NS(=O)(=O)c1cc(Cl)sc1Cl)C(C)=O. The van der Waals surface area contributed by atoms with Crippen molar-refractivity contribution in [1.82, 2.24) is 4.90 Å². The maximum absolute atomic E-state index is 12.5. The van der Waals surface area contributed by atoms with Crippen molar-refractivity contribution in [2.24, 2.45) is 0 Å². The van der Waals surface area contributed by atoms with Crippen molar-refractivity contribution in [3.8, 4) is 0 Å². The van der Waals surface area contributed by atoms with Gasteiger partial charge in [-0.25, -0.2) is 8.42 Å². The summed E-state index contributed by atoms with van der Waals surface area (Å²) < 4.78 is 28.0. The fourth-order valence-electron chi connectivity index (χ4n) is 2.12. The number of para-hydroxylation sites is 1. The van der Waals surface area contributed by atoms with E-state index in [0.717, 1.165) is 11.3 Å². The molecule has 5 nitrogen and oxygen atoms in total. The monoisotopic (exact) mass is 406 g/mol. The van der Waals surface area contributed by atoms with Crippen LogP contribution in [0.15, 0.2) is 35.2 Å². The predicted octanol–water partition coefficient (Wildman–Crippen LogP) is 4.22. The van der Waals surface area contributed by atoms with E-state index >= 15 is 0 Å². The molecule has 0 aliphatic carbocycles. The van der Waals surface area contributed by atoms with Gasteiger partial charge in [0.2, 0.25) is 5.91 Å². The van der Waals surface area contributed by atoms with Crippen LogP contribution in [0.1, 0.15) is 19.4 Å². The Balaban J connectivity index is 2.33. The molecule has 1 aromatic carbocycles. The number of sulfonamides is 1. The van der Waals surface area contributed by atoms with Gasteiger partial charge in [0.1, 0.15) is 9.23 Å². The van der Waals surface area contributed by atoms with Crippen molar-refractivity contribution in [1.29, 1.82) is 0 Å². The summed E-state index contributed by atoms with van der Waals surface area (Å²) in [6, 6.07) is 8.23. The molecule has 1 aromatic heterocycles. The van der Waals surface area contributed by atoms with Gasteiger partial charge in [-0.15, -0.1) is 11.3 Å². The van der Waals surface area contributed by atoms with Crippen LogP contribution in [0.25, 0.3) is 0 Å². The van der Waals surface area contributed by atoms with E-state index in [1.165, 1.54) is 13.0 Å². The minimum absolute atomic E-state index is 0.0621. The lowest BCUT2D eigenvalue weighted by molar-refractivity contribution is -0.129. The summed E-state index contributed by atoms with van der Waals surface area (Å²) in [5.74, 6) is -0.0807. The van der Waals surface area contributed by atoms with Gasteiger partial charge < -0.3 is 4.90 Å². The van der Waals surface area contributed by atoms with E-state index in [0.29, 0.717) is 28.7 Å². The number of rotatable bonds is 6. The number of carbonyl (C=O) groups excluding carboxylic acids is 1. The highest BCUT2D eigenvalue weighted by molar-refractivity contribution is 7.93. The molecule has 0 bridgehead atoms. The maximum Gasteiger partial charge on any atom is 0.264 e. The number of amides is 1. The van der Waals surface area contributed by atoms with Crippen LogP contribution in [0.4, 0.5) is 5.69 Å². The molecule has 0 atom stereocenters. The molecule has 0 radical (unpaired) electrons. The molecule has 0 aliphatic heterocycles. The fourth-order valence-corrected chi connectivity index (χ4v) is 5.37. The summed E-state index contributed by atoms with van der Waals surface area (Å²) >= 11 is 12.8. The van der Waals surface area contributed by atoms with E-state index in [-0.39, 0.29) is 15.1 Å². The Hall–Kier alpha value is -1.28. The molecule has 0 fully saturated rings. The minimum atomic E-state index is -3.87. The highest BCUT2D eigenvalue weighted by Crippen LogP contribution is 2.35. The molecular formula is C15H16Cl2N2O3S2. The first-order valence-electron chi connectivity index (χ1n) is 7.05. The van der Waals surface area contributed by atoms with Crippen molar-refractivity contribution >= 4 is 56.2 Å². The van der Waals surface area contributed by atoms with E-state index in [9.17, 15) is 13.2 Å². The van der Waals surface area contributed by atoms with Crippen molar-refractivity contribution < 1.29 is 13.2 Å². The quantitative estimate of drug-likeness (QED) is 0.780. The summed E-state index contributed by atoms with van der Waals surface area (Å²) in [6.07, 6.45) is 0. The van der Waals surface area contributed by atoms with E-state index in [2.05, 4.69) is 4.72 Å². The number of anilines is 1. The standard InChI is InChI=1S/C15H16Cl2N2O3S2/c1-3-19(10(2)20)9-11-6-4-5-7-12(11)18-24(21,22)13-8-14(16)23-15(13)17/h4-8,18H,3,9H2,1-2H3. The van der Waals surface area contributed by atoms with E-state index in [1.54, 1.807) is 29.2 Å². The molecule has 9 heteroatoms. The summed E-state index contributed by atoms with van der Waals surface area (Å²) in [4.78, 5) is 13.2. The number of nitrogens with zero attached hydrogens (tertiary/aromatic N) is 1. The van der Waals surface area contributed by atoms with E-state index in [4.69, 9.17) is 23.2 Å². The van der Waals surface area contributed by atoms with Crippen LogP contribution >= 0.6 is 34.5 Å². The van der Waals surface area contributed by atoms with Crippen LogP contribution < -0.4 is 4.72 Å². The largest absolute Gasteiger partial charge is 0.339 e. The van der Waals surface area contributed by atoms with Gasteiger partial charge in [0.05, 0.1) is 10.0 Å². The zero-order valence-corrected chi connectivity index (χ0v) is 16.2. The van der Waals surface area contributed by atoms with Gasteiger partial charge in [0, 0.05) is 20.0 Å². The number of nitrogens with one attached hydrogen (secondary N) is 1. The summed E-state index contributed by atoms with van der Waals surface area (Å²) in [6.45, 7) is 4.18. The predicted molar refractivity (Wildman–Crippen MR) is 98.4 cm³/mol. The number of halogens is 2. The average Bonchev–Trinajstić information content (AvgIpc) is 2.85. The fraction of sp³-hybridized carbons (Fsp3) is 0.267.